The molecule has 1 unspecified atom stereocenters. The largest absolute Gasteiger partial charge is 0.498 e. The van der Waals surface area contributed by atoms with E-state index in [9.17, 15) is 0 Å². The van der Waals surface area contributed by atoms with Gasteiger partial charge in [-0.15, -0.1) is 0 Å². The fraction of sp³-hybridized carbons (Fsp3) is 1.00. The maximum atomic E-state index is 5.94. The van der Waals surface area contributed by atoms with Crippen molar-refractivity contribution in [1.82, 2.24) is 0 Å². The van der Waals surface area contributed by atoms with Crippen LogP contribution in [0.25, 0.3) is 0 Å². The first kappa shape index (κ1) is 9.58. The topological polar surface area (TPSA) is 9.23 Å². The van der Waals surface area contributed by atoms with E-state index in [0.717, 1.165) is 5.92 Å². The van der Waals surface area contributed by atoms with Crippen LogP contribution in [0.5, 0.6) is 0 Å². The van der Waals surface area contributed by atoms with Gasteiger partial charge in [0.1, 0.15) is 0 Å². The molecular formula is C9H19AlO. The Morgan fingerprint density at radius 3 is 2.82 bits per heavy atom. The zero-order valence-electron chi connectivity index (χ0n) is 7.97. The van der Waals surface area contributed by atoms with Crippen molar-refractivity contribution in [2.75, 3.05) is 0 Å². The fourth-order valence-corrected chi connectivity index (χ4v) is 4.82. The van der Waals surface area contributed by atoms with Gasteiger partial charge < -0.3 is 3.79 Å². The van der Waals surface area contributed by atoms with Crippen LogP contribution in [0, 0.1) is 5.92 Å². The summed E-state index contributed by atoms with van der Waals surface area (Å²) in [5, 5.41) is 2.80. The van der Waals surface area contributed by atoms with E-state index in [1.54, 1.807) is 0 Å². The van der Waals surface area contributed by atoms with Crippen LogP contribution in [0.2, 0.25) is 10.6 Å². The Labute approximate surface area is 74.9 Å². The summed E-state index contributed by atoms with van der Waals surface area (Å²) >= 11 is -0.742. The van der Waals surface area contributed by atoms with Crippen LogP contribution >= 0.6 is 0 Å². The second-order valence-electron chi connectivity index (χ2n) is 4.13. The van der Waals surface area contributed by atoms with E-state index < -0.39 is 14.5 Å². The van der Waals surface area contributed by atoms with E-state index in [2.05, 4.69) is 20.8 Å². The van der Waals surface area contributed by atoms with Crippen molar-refractivity contribution in [3.63, 3.8) is 0 Å². The molecule has 1 aliphatic rings. The van der Waals surface area contributed by atoms with Gasteiger partial charge in [0, 0.05) is 6.10 Å². The highest BCUT2D eigenvalue weighted by atomic mass is 27.2. The Morgan fingerprint density at radius 2 is 2.27 bits per heavy atom. The Kier molecular flexibility index (Phi) is 3.92. The molecule has 1 saturated heterocycles. The highest BCUT2D eigenvalue weighted by Gasteiger charge is 2.27. The molecule has 0 spiro atoms. The van der Waals surface area contributed by atoms with Gasteiger partial charge in [-0.25, -0.2) is 0 Å². The predicted octanol–water partition coefficient (Wildman–Crippen LogP) is 2.83. The zero-order valence-corrected chi connectivity index (χ0v) is 9.12. The van der Waals surface area contributed by atoms with Crippen LogP contribution in [0.1, 0.15) is 33.6 Å². The van der Waals surface area contributed by atoms with E-state index >= 15 is 0 Å². The van der Waals surface area contributed by atoms with Crippen molar-refractivity contribution >= 4 is 14.5 Å². The van der Waals surface area contributed by atoms with Gasteiger partial charge in [0.15, 0.2) is 0 Å². The molecule has 1 aliphatic heterocycles. The molecule has 0 aliphatic carbocycles. The molecule has 2 heteroatoms. The Bertz CT molecular complexity index is 112. The molecule has 1 nitrogen and oxygen atoms in total. The number of hydrogen-bond donors (Lipinski definition) is 0. The third kappa shape index (κ3) is 3.60. The zero-order chi connectivity index (χ0) is 8.27. The van der Waals surface area contributed by atoms with E-state index in [0.29, 0.717) is 6.10 Å². The van der Waals surface area contributed by atoms with Crippen molar-refractivity contribution in [3.05, 3.63) is 0 Å². The second-order valence-corrected chi connectivity index (χ2v) is 6.69. The van der Waals surface area contributed by atoms with Crippen molar-refractivity contribution in [2.45, 2.75) is 50.3 Å². The lowest BCUT2D eigenvalue weighted by atomic mass is 10.2. The second kappa shape index (κ2) is 4.50. The van der Waals surface area contributed by atoms with Crippen LogP contribution < -0.4 is 0 Å². The molecule has 1 heterocycles. The molecule has 0 radical (unpaired) electrons. The highest BCUT2D eigenvalue weighted by molar-refractivity contribution is 6.52. The minimum atomic E-state index is -0.742. The molecule has 0 aromatic carbocycles. The fourth-order valence-electron chi connectivity index (χ4n) is 1.80. The molecule has 0 amide bonds. The van der Waals surface area contributed by atoms with Gasteiger partial charge in [-0.2, -0.15) is 0 Å². The lowest BCUT2D eigenvalue weighted by Crippen LogP contribution is -2.29. The summed E-state index contributed by atoms with van der Waals surface area (Å²) in [5.74, 6) is 0.844. The maximum absolute atomic E-state index is 5.94. The maximum Gasteiger partial charge on any atom is 0.461 e. The summed E-state index contributed by atoms with van der Waals surface area (Å²) in [7, 11) is 0. The van der Waals surface area contributed by atoms with Gasteiger partial charge in [0.2, 0.25) is 0 Å². The number of hydrogen-bond acceptors (Lipinski definition) is 1. The minimum absolute atomic E-state index is 0.569. The molecular weight excluding hydrogens is 151 g/mol. The highest BCUT2D eigenvalue weighted by Crippen LogP contribution is 2.21. The van der Waals surface area contributed by atoms with Gasteiger partial charge >= 0.3 is 14.5 Å². The van der Waals surface area contributed by atoms with Gasteiger partial charge in [-0.1, -0.05) is 36.8 Å². The summed E-state index contributed by atoms with van der Waals surface area (Å²) in [6.45, 7) is 6.82. The molecule has 64 valence electrons. The molecule has 0 aromatic rings. The van der Waals surface area contributed by atoms with Crippen molar-refractivity contribution in [1.29, 1.82) is 0 Å². The molecule has 1 atom stereocenters. The first-order valence-corrected chi connectivity index (χ1v) is 6.94. The van der Waals surface area contributed by atoms with Crippen LogP contribution in [0.3, 0.4) is 0 Å². The first-order valence-electron chi connectivity index (χ1n) is 4.84. The summed E-state index contributed by atoms with van der Waals surface area (Å²) in [4.78, 5) is 0. The normalized spacial score (nSPS) is 26.2. The van der Waals surface area contributed by atoms with Gasteiger partial charge in [-0.05, 0) is 13.3 Å². The number of rotatable bonds is 2. The lowest BCUT2D eigenvalue weighted by Gasteiger charge is -2.25. The summed E-state index contributed by atoms with van der Waals surface area (Å²) < 4.78 is 5.94. The average Bonchev–Trinajstić information content (AvgIpc) is 1.85. The lowest BCUT2D eigenvalue weighted by molar-refractivity contribution is 0.187. The van der Waals surface area contributed by atoms with Crippen molar-refractivity contribution in [2.24, 2.45) is 5.92 Å². The minimum Gasteiger partial charge on any atom is -0.498 e. The van der Waals surface area contributed by atoms with E-state index in [-0.39, 0.29) is 0 Å². The SMILES string of the molecule is CC(C)[CH2][Al]1[CH2]CCC(C)[O]1. The van der Waals surface area contributed by atoms with E-state index in [1.807, 2.05) is 0 Å². The smallest absolute Gasteiger partial charge is 0.461 e. The predicted molar refractivity (Wildman–Crippen MR) is 50.0 cm³/mol. The van der Waals surface area contributed by atoms with Crippen LogP contribution in [-0.2, 0) is 3.79 Å². The third-order valence-electron chi connectivity index (χ3n) is 2.30. The quantitative estimate of drug-likeness (QED) is 0.579. The Hall–Kier alpha value is 0.492. The van der Waals surface area contributed by atoms with Gasteiger partial charge in [0.25, 0.3) is 0 Å². The molecule has 0 bridgehead atoms. The van der Waals surface area contributed by atoms with E-state index in [4.69, 9.17) is 3.79 Å². The molecule has 0 aromatic heterocycles. The van der Waals surface area contributed by atoms with Gasteiger partial charge in [-0.3, -0.25) is 0 Å². The molecule has 11 heavy (non-hydrogen) atoms. The Balaban J connectivity index is 2.23. The third-order valence-corrected chi connectivity index (χ3v) is 5.67. The summed E-state index contributed by atoms with van der Waals surface area (Å²) in [6, 6.07) is 0. The standard InChI is InChI=1S/C5H10O.C4H9.Al/c1-3-4-5(2)6;1-4(2)3;/h5H,1,3-4H2,2H3;4H,1H2,2-3H3;/q-1;;+1. The summed E-state index contributed by atoms with van der Waals surface area (Å²) in [5.41, 5.74) is 0. The van der Waals surface area contributed by atoms with Crippen LogP contribution in [0.4, 0.5) is 0 Å². The average molecular weight is 170 g/mol. The monoisotopic (exact) mass is 170 g/mol. The van der Waals surface area contributed by atoms with Crippen molar-refractivity contribution in [3.8, 4) is 0 Å². The first-order chi connectivity index (χ1) is 5.18. The molecule has 0 saturated carbocycles. The molecule has 0 N–H and O–H groups in total. The van der Waals surface area contributed by atoms with E-state index in [1.165, 1.54) is 23.4 Å². The summed E-state index contributed by atoms with van der Waals surface area (Å²) in [6.07, 6.45) is 3.28. The van der Waals surface area contributed by atoms with Crippen LogP contribution in [0.15, 0.2) is 0 Å². The molecule has 1 rings (SSSR count). The van der Waals surface area contributed by atoms with Crippen LogP contribution in [-0.4, -0.2) is 20.6 Å². The molecule has 1 fully saturated rings. The van der Waals surface area contributed by atoms with Gasteiger partial charge in [0.05, 0.1) is 0 Å². The van der Waals surface area contributed by atoms with Crippen molar-refractivity contribution < 1.29 is 3.79 Å². The Morgan fingerprint density at radius 1 is 1.55 bits per heavy atom.